The maximum absolute atomic E-state index is 12.0. The Balaban J connectivity index is 1.96. The molecule has 0 aromatic heterocycles. The predicted molar refractivity (Wildman–Crippen MR) is 128 cm³/mol. The van der Waals surface area contributed by atoms with Crippen LogP contribution in [0.5, 0.6) is 5.75 Å². The van der Waals surface area contributed by atoms with Gasteiger partial charge >= 0.3 is 0 Å². The van der Waals surface area contributed by atoms with E-state index in [1.807, 2.05) is 48.5 Å². The Bertz CT molecular complexity index is 1080. The summed E-state index contributed by atoms with van der Waals surface area (Å²) in [5, 5.41) is 2.86. The van der Waals surface area contributed by atoms with E-state index in [-0.39, 0.29) is 17.7 Å². The molecule has 0 saturated carbocycles. The minimum atomic E-state index is -0.0956. The summed E-state index contributed by atoms with van der Waals surface area (Å²) in [7, 11) is 1.65. The van der Waals surface area contributed by atoms with Crippen molar-refractivity contribution >= 4 is 17.4 Å². The van der Waals surface area contributed by atoms with E-state index < -0.39 is 0 Å². The third kappa shape index (κ3) is 6.05. The lowest BCUT2D eigenvalue weighted by Crippen LogP contribution is -2.27. The topological polar surface area (TPSA) is 58.6 Å². The number of ketones is 1. The van der Waals surface area contributed by atoms with Crippen molar-refractivity contribution < 1.29 is 14.3 Å². The number of ether oxygens (including phenoxy) is 1. The fourth-order valence-corrected chi connectivity index (χ4v) is 3.78. The third-order valence-electron chi connectivity index (χ3n) is 5.53. The number of carbonyl (C=O) groups excluding carboxylic acids is 2. The smallest absolute Gasteiger partial charge is 0.221 e. The first-order valence-electron chi connectivity index (χ1n) is 10.7. The molecule has 3 aromatic carbocycles. The standard InChI is InChI=1S/C27H30N2O3/c1-19(23-11-8-12-26(16-23)28-21(3)31)29(17-22-9-6-5-7-10-22)18-25-15-24(20(2)30)13-14-27(25)32-4/h5-16,19H,17-18H2,1-4H3,(H,28,31)/t19-/m0/s1. The quantitative estimate of drug-likeness (QED) is 0.448. The number of methoxy groups -OCH3 is 1. The number of nitrogens with zero attached hydrogens (tertiary/aromatic N) is 1. The second kappa shape index (κ2) is 10.7. The molecule has 5 nitrogen and oxygen atoms in total. The van der Waals surface area contributed by atoms with Gasteiger partial charge < -0.3 is 10.1 Å². The summed E-state index contributed by atoms with van der Waals surface area (Å²) in [4.78, 5) is 25.8. The zero-order valence-corrected chi connectivity index (χ0v) is 19.1. The predicted octanol–water partition coefficient (Wildman–Crippen LogP) is 5.62. The van der Waals surface area contributed by atoms with Crippen LogP contribution in [0, 0.1) is 0 Å². The maximum Gasteiger partial charge on any atom is 0.221 e. The zero-order chi connectivity index (χ0) is 23.1. The van der Waals surface area contributed by atoms with Crippen LogP contribution in [0.1, 0.15) is 53.9 Å². The van der Waals surface area contributed by atoms with Crippen molar-refractivity contribution in [1.82, 2.24) is 4.90 Å². The molecule has 0 aliphatic heterocycles. The van der Waals surface area contributed by atoms with E-state index in [1.54, 1.807) is 20.1 Å². The molecule has 0 aliphatic carbocycles. The average Bonchev–Trinajstić information content (AvgIpc) is 2.78. The number of rotatable bonds is 9. The number of anilines is 1. The Morgan fingerprint density at radius 3 is 2.34 bits per heavy atom. The van der Waals surface area contributed by atoms with Crippen molar-refractivity contribution in [2.24, 2.45) is 0 Å². The molecule has 0 radical (unpaired) electrons. The Kier molecular flexibility index (Phi) is 7.79. The highest BCUT2D eigenvalue weighted by Gasteiger charge is 2.20. The van der Waals surface area contributed by atoms with Crippen molar-refractivity contribution in [2.75, 3.05) is 12.4 Å². The molecule has 0 bridgehead atoms. The van der Waals surface area contributed by atoms with Crippen LogP contribution in [-0.4, -0.2) is 23.7 Å². The van der Waals surface area contributed by atoms with Gasteiger partial charge in [0.2, 0.25) is 5.91 Å². The fraction of sp³-hybridized carbons (Fsp3) is 0.259. The largest absolute Gasteiger partial charge is 0.496 e. The monoisotopic (exact) mass is 430 g/mol. The highest BCUT2D eigenvalue weighted by atomic mass is 16.5. The SMILES string of the molecule is COc1ccc(C(C)=O)cc1CN(Cc1ccccc1)[C@@H](C)c1cccc(NC(C)=O)c1. The lowest BCUT2D eigenvalue weighted by atomic mass is 10.0. The van der Waals surface area contributed by atoms with Gasteiger partial charge in [0.1, 0.15) is 5.75 Å². The molecule has 3 rings (SSSR count). The summed E-state index contributed by atoms with van der Waals surface area (Å²) >= 11 is 0. The van der Waals surface area contributed by atoms with Gasteiger partial charge in [-0.3, -0.25) is 14.5 Å². The van der Waals surface area contributed by atoms with Gasteiger partial charge in [0, 0.05) is 42.9 Å². The van der Waals surface area contributed by atoms with E-state index in [4.69, 9.17) is 4.74 Å². The second-order valence-electron chi connectivity index (χ2n) is 7.96. The lowest BCUT2D eigenvalue weighted by Gasteiger charge is -2.30. The van der Waals surface area contributed by atoms with Crippen LogP contribution in [0.15, 0.2) is 72.8 Å². The van der Waals surface area contributed by atoms with Crippen LogP contribution in [0.25, 0.3) is 0 Å². The first-order chi connectivity index (χ1) is 15.4. The summed E-state index contributed by atoms with van der Waals surface area (Å²) < 4.78 is 5.59. The molecule has 32 heavy (non-hydrogen) atoms. The molecule has 0 aliphatic rings. The van der Waals surface area contributed by atoms with Crippen molar-refractivity contribution in [3.63, 3.8) is 0 Å². The minimum absolute atomic E-state index is 0.0274. The van der Waals surface area contributed by atoms with Gasteiger partial charge in [-0.25, -0.2) is 0 Å². The molecule has 0 unspecified atom stereocenters. The van der Waals surface area contributed by atoms with Crippen molar-refractivity contribution in [3.8, 4) is 5.75 Å². The normalized spacial score (nSPS) is 11.8. The third-order valence-corrected chi connectivity index (χ3v) is 5.53. The van der Waals surface area contributed by atoms with E-state index in [9.17, 15) is 9.59 Å². The van der Waals surface area contributed by atoms with Gasteiger partial charge in [-0.15, -0.1) is 0 Å². The van der Waals surface area contributed by atoms with Crippen LogP contribution in [-0.2, 0) is 17.9 Å². The van der Waals surface area contributed by atoms with Gasteiger partial charge in [0.15, 0.2) is 5.78 Å². The fourth-order valence-electron chi connectivity index (χ4n) is 3.78. The number of Topliss-reactive ketones (excluding diaryl/α,β-unsaturated/α-hetero) is 1. The molecule has 166 valence electrons. The van der Waals surface area contributed by atoms with Crippen molar-refractivity contribution in [2.45, 2.75) is 39.9 Å². The maximum atomic E-state index is 12.0. The number of hydrogen-bond acceptors (Lipinski definition) is 4. The molecule has 3 aromatic rings. The Labute approximate surface area is 190 Å². The summed E-state index contributed by atoms with van der Waals surface area (Å²) in [5.74, 6) is 0.688. The summed E-state index contributed by atoms with van der Waals surface area (Å²) in [5.41, 5.74) is 4.69. The van der Waals surface area contributed by atoms with E-state index in [0.717, 1.165) is 29.1 Å². The van der Waals surface area contributed by atoms with Crippen molar-refractivity contribution in [1.29, 1.82) is 0 Å². The molecule has 0 heterocycles. The van der Waals surface area contributed by atoms with Crippen molar-refractivity contribution in [3.05, 3.63) is 95.1 Å². The first-order valence-corrected chi connectivity index (χ1v) is 10.7. The van der Waals surface area contributed by atoms with E-state index in [1.165, 1.54) is 12.5 Å². The van der Waals surface area contributed by atoms with Crippen LogP contribution < -0.4 is 10.1 Å². The molecule has 1 atom stereocenters. The van der Waals surface area contributed by atoms with Gasteiger partial charge in [-0.2, -0.15) is 0 Å². The van der Waals surface area contributed by atoms with Crippen LogP contribution in [0.4, 0.5) is 5.69 Å². The number of hydrogen-bond donors (Lipinski definition) is 1. The highest BCUT2D eigenvalue weighted by molar-refractivity contribution is 5.94. The van der Waals surface area contributed by atoms with Gasteiger partial charge in [-0.1, -0.05) is 42.5 Å². The molecular formula is C27H30N2O3. The molecule has 5 heteroatoms. The summed E-state index contributed by atoms with van der Waals surface area (Å²) in [6.45, 7) is 6.55. The summed E-state index contributed by atoms with van der Waals surface area (Å²) in [6.07, 6.45) is 0. The van der Waals surface area contributed by atoms with E-state index in [2.05, 4.69) is 35.3 Å². The Hall–Kier alpha value is -3.44. The van der Waals surface area contributed by atoms with Gasteiger partial charge in [0.25, 0.3) is 0 Å². The number of amides is 1. The highest BCUT2D eigenvalue weighted by Crippen LogP contribution is 2.30. The van der Waals surface area contributed by atoms with Gasteiger partial charge in [0.05, 0.1) is 7.11 Å². The lowest BCUT2D eigenvalue weighted by molar-refractivity contribution is -0.114. The molecule has 1 N–H and O–H groups in total. The molecule has 1 amide bonds. The summed E-state index contributed by atoms with van der Waals surface area (Å²) in [6, 6.07) is 23.8. The number of carbonyl (C=O) groups is 2. The van der Waals surface area contributed by atoms with Crippen LogP contribution >= 0.6 is 0 Å². The molecule has 0 saturated heterocycles. The van der Waals surface area contributed by atoms with Crippen LogP contribution in [0.2, 0.25) is 0 Å². The number of benzene rings is 3. The van der Waals surface area contributed by atoms with E-state index in [0.29, 0.717) is 12.1 Å². The molecule has 0 fully saturated rings. The minimum Gasteiger partial charge on any atom is -0.496 e. The van der Waals surface area contributed by atoms with Gasteiger partial charge in [-0.05, 0) is 55.3 Å². The average molecular weight is 431 g/mol. The first kappa shape index (κ1) is 23.2. The number of nitrogens with one attached hydrogen (secondary N) is 1. The van der Waals surface area contributed by atoms with Crippen LogP contribution in [0.3, 0.4) is 0 Å². The zero-order valence-electron chi connectivity index (χ0n) is 19.1. The second-order valence-corrected chi connectivity index (χ2v) is 7.96. The Morgan fingerprint density at radius 2 is 1.69 bits per heavy atom. The molecule has 0 spiro atoms. The molecular weight excluding hydrogens is 400 g/mol. The van der Waals surface area contributed by atoms with E-state index >= 15 is 0 Å². The Morgan fingerprint density at radius 1 is 0.938 bits per heavy atom.